The van der Waals surface area contributed by atoms with Crippen molar-refractivity contribution in [2.45, 2.75) is 51.5 Å². The number of Topliss-reactive ketones (excluding diaryl/α,β-unsaturated/α-hetero) is 1. The molecule has 1 aliphatic rings. The molecule has 0 aromatic heterocycles. The van der Waals surface area contributed by atoms with E-state index in [1.54, 1.807) is 0 Å². The molecular weight excluding hydrogens is 272 g/mol. The molecule has 0 unspecified atom stereocenters. The molecule has 0 N–H and O–H groups in total. The fraction of sp³-hybridized carbons (Fsp3) is 0.588. The predicted octanol–water partition coefficient (Wildman–Crippen LogP) is 3.73. The summed E-state index contributed by atoms with van der Waals surface area (Å²) in [5.41, 5.74) is -0.0114. The van der Waals surface area contributed by atoms with Crippen LogP contribution in [0, 0.1) is 11.6 Å². The molecule has 116 valence electrons. The molecule has 1 aliphatic carbocycles. The molecule has 2 nitrogen and oxygen atoms in total. The van der Waals surface area contributed by atoms with Gasteiger partial charge >= 0.3 is 0 Å². The zero-order valence-electron chi connectivity index (χ0n) is 12.8. The van der Waals surface area contributed by atoms with Crippen molar-refractivity contribution in [2.75, 3.05) is 13.1 Å². The molecule has 1 fully saturated rings. The topological polar surface area (TPSA) is 20.3 Å². The van der Waals surface area contributed by atoms with Crippen LogP contribution < -0.4 is 0 Å². The van der Waals surface area contributed by atoms with Crippen molar-refractivity contribution in [2.24, 2.45) is 0 Å². The molecule has 0 radical (unpaired) electrons. The van der Waals surface area contributed by atoms with Gasteiger partial charge in [-0.25, -0.2) is 8.78 Å². The maximum atomic E-state index is 13.3. The van der Waals surface area contributed by atoms with E-state index in [0.29, 0.717) is 5.56 Å². The second-order valence-electron chi connectivity index (χ2n) is 5.79. The van der Waals surface area contributed by atoms with E-state index < -0.39 is 17.2 Å². The van der Waals surface area contributed by atoms with Crippen molar-refractivity contribution in [3.63, 3.8) is 0 Å². The summed E-state index contributed by atoms with van der Waals surface area (Å²) in [6, 6.07) is 3.35. The molecule has 0 bridgehead atoms. The fourth-order valence-corrected chi connectivity index (χ4v) is 3.62. The first kappa shape index (κ1) is 16.1. The minimum absolute atomic E-state index is 0.0914. The van der Waals surface area contributed by atoms with Crippen LogP contribution in [0.3, 0.4) is 0 Å². The van der Waals surface area contributed by atoms with Gasteiger partial charge in [-0.2, -0.15) is 0 Å². The Kier molecular flexibility index (Phi) is 5.09. The molecule has 0 saturated heterocycles. The lowest BCUT2D eigenvalue weighted by Crippen LogP contribution is -2.53. The van der Waals surface area contributed by atoms with Gasteiger partial charge in [-0.05, 0) is 43.6 Å². The highest BCUT2D eigenvalue weighted by Crippen LogP contribution is 2.37. The Bertz CT molecular complexity index is 485. The highest BCUT2D eigenvalue weighted by molar-refractivity contribution is 5.90. The van der Waals surface area contributed by atoms with E-state index in [9.17, 15) is 13.6 Å². The Morgan fingerprint density at radius 3 is 2.10 bits per heavy atom. The van der Waals surface area contributed by atoms with E-state index >= 15 is 0 Å². The number of carbonyl (C=O) groups excluding carboxylic acids is 1. The fourth-order valence-electron chi connectivity index (χ4n) is 3.62. The van der Waals surface area contributed by atoms with E-state index in [0.717, 1.165) is 44.8 Å². The zero-order chi connectivity index (χ0) is 15.5. The molecule has 0 spiro atoms. The highest BCUT2D eigenvalue weighted by Gasteiger charge is 2.44. The zero-order valence-corrected chi connectivity index (χ0v) is 12.8. The Balaban J connectivity index is 2.23. The van der Waals surface area contributed by atoms with Gasteiger partial charge in [0.1, 0.15) is 11.6 Å². The summed E-state index contributed by atoms with van der Waals surface area (Å²) in [4.78, 5) is 15.0. The Morgan fingerprint density at radius 2 is 1.62 bits per heavy atom. The molecule has 0 amide bonds. The Hall–Kier alpha value is -1.29. The van der Waals surface area contributed by atoms with Gasteiger partial charge < -0.3 is 0 Å². The average Bonchev–Trinajstić information content (AvgIpc) is 2.89. The van der Waals surface area contributed by atoms with Gasteiger partial charge in [0.2, 0.25) is 0 Å². The first-order valence-electron chi connectivity index (χ1n) is 7.75. The lowest BCUT2D eigenvalue weighted by Gasteiger charge is -2.39. The SMILES string of the molecule is CCN(CC)C1(C(=O)Cc2cc(F)cc(F)c2)CCCC1. The molecule has 1 saturated carbocycles. The van der Waals surface area contributed by atoms with E-state index in [1.807, 2.05) is 0 Å². The number of likely N-dealkylation sites (N-methyl/N-ethyl adjacent to an activating group) is 1. The summed E-state index contributed by atoms with van der Waals surface area (Å²) in [7, 11) is 0. The number of carbonyl (C=O) groups is 1. The third-order valence-electron chi connectivity index (χ3n) is 4.61. The normalized spacial score (nSPS) is 17.4. The smallest absolute Gasteiger partial charge is 0.157 e. The van der Waals surface area contributed by atoms with Crippen molar-refractivity contribution in [3.05, 3.63) is 35.4 Å². The van der Waals surface area contributed by atoms with Crippen molar-refractivity contribution in [1.82, 2.24) is 4.90 Å². The number of benzene rings is 1. The van der Waals surface area contributed by atoms with Crippen LogP contribution in [0.25, 0.3) is 0 Å². The molecule has 21 heavy (non-hydrogen) atoms. The third-order valence-corrected chi connectivity index (χ3v) is 4.61. The third kappa shape index (κ3) is 3.31. The Labute approximate surface area is 125 Å². The first-order chi connectivity index (χ1) is 10.0. The average molecular weight is 295 g/mol. The van der Waals surface area contributed by atoms with Gasteiger partial charge in [0.05, 0.1) is 5.54 Å². The van der Waals surface area contributed by atoms with Crippen LogP contribution in [-0.4, -0.2) is 29.3 Å². The first-order valence-corrected chi connectivity index (χ1v) is 7.75. The molecule has 4 heteroatoms. The van der Waals surface area contributed by atoms with Crippen LogP contribution >= 0.6 is 0 Å². The summed E-state index contributed by atoms with van der Waals surface area (Å²) in [6.07, 6.45) is 3.89. The van der Waals surface area contributed by atoms with Crippen LogP contribution in [0.2, 0.25) is 0 Å². The Morgan fingerprint density at radius 1 is 1.10 bits per heavy atom. The van der Waals surface area contributed by atoms with Gasteiger partial charge in [-0.1, -0.05) is 26.7 Å². The van der Waals surface area contributed by atoms with Crippen molar-refractivity contribution in [1.29, 1.82) is 0 Å². The molecule has 1 aromatic carbocycles. The molecular formula is C17H23F2NO. The summed E-state index contributed by atoms with van der Waals surface area (Å²) < 4.78 is 26.6. The standard InChI is InChI=1S/C17H23F2NO/c1-3-20(4-2)17(7-5-6-8-17)16(21)11-13-9-14(18)12-15(19)10-13/h9-10,12H,3-8,11H2,1-2H3. The van der Waals surface area contributed by atoms with Crippen LogP contribution in [0.15, 0.2) is 18.2 Å². The van der Waals surface area contributed by atoms with E-state index in [4.69, 9.17) is 0 Å². The summed E-state index contributed by atoms with van der Waals surface area (Å²) in [6.45, 7) is 5.75. The van der Waals surface area contributed by atoms with Crippen molar-refractivity contribution in [3.8, 4) is 0 Å². The molecule has 0 aliphatic heterocycles. The van der Waals surface area contributed by atoms with Gasteiger partial charge in [0.25, 0.3) is 0 Å². The lowest BCUT2D eigenvalue weighted by molar-refractivity contribution is -0.130. The lowest BCUT2D eigenvalue weighted by atomic mass is 9.86. The van der Waals surface area contributed by atoms with Gasteiger partial charge in [0, 0.05) is 12.5 Å². The van der Waals surface area contributed by atoms with E-state index in [2.05, 4.69) is 18.7 Å². The maximum absolute atomic E-state index is 13.3. The monoisotopic (exact) mass is 295 g/mol. The van der Waals surface area contributed by atoms with Crippen LogP contribution in [0.1, 0.15) is 45.1 Å². The molecule has 0 heterocycles. The van der Waals surface area contributed by atoms with Gasteiger partial charge in [0.15, 0.2) is 5.78 Å². The number of nitrogens with zero attached hydrogens (tertiary/aromatic N) is 1. The van der Waals surface area contributed by atoms with E-state index in [-0.39, 0.29) is 12.2 Å². The van der Waals surface area contributed by atoms with Crippen molar-refractivity contribution >= 4 is 5.78 Å². The predicted molar refractivity (Wildman–Crippen MR) is 79.2 cm³/mol. The number of ketones is 1. The van der Waals surface area contributed by atoms with Crippen LogP contribution in [0.5, 0.6) is 0 Å². The largest absolute Gasteiger partial charge is 0.297 e. The second kappa shape index (κ2) is 6.65. The number of rotatable bonds is 6. The highest BCUT2D eigenvalue weighted by atomic mass is 19.1. The van der Waals surface area contributed by atoms with Gasteiger partial charge in [-0.15, -0.1) is 0 Å². The van der Waals surface area contributed by atoms with Gasteiger partial charge in [-0.3, -0.25) is 9.69 Å². The summed E-state index contributed by atoms with van der Waals surface area (Å²) in [5, 5.41) is 0. The summed E-state index contributed by atoms with van der Waals surface area (Å²) in [5.74, 6) is -1.16. The molecule has 0 atom stereocenters. The second-order valence-corrected chi connectivity index (χ2v) is 5.79. The van der Waals surface area contributed by atoms with Crippen LogP contribution in [-0.2, 0) is 11.2 Å². The summed E-state index contributed by atoms with van der Waals surface area (Å²) >= 11 is 0. The number of hydrogen-bond acceptors (Lipinski definition) is 2. The quantitative estimate of drug-likeness (QED) is 0.797. The van der Waals surface area contributed by atoms with Crippen LogP contribution in [0.4, 0.5) is 8.78 Å². The molecule has 1 aromatic rings. The molecule has 2 rings (SSSR count). The van der Waals surface area contributed by atoms with E-state index in [1.165, 1.54) is 12.1 Å². The minimum atomic E-state index is -0.624. The number of halogens is 2. The number of hydrogen-bond donors (Lipinski definition) is 0. The van der Waals surface area contributed by atoms with Crippen molar-refractivity contribution < 1.29 is 13.6 Å². The minimum Gasteiger partial charge on any atom is -0.297 e. The maximum Gasteiger partial charge on any atom is 0.157 e.